The molecule has 0 saturated carbocycles. The van der Waals surface area contributed by atoms with E-state index < -0.39 is 28.1 Å². The second kappa shape index (κ2) is 8.82. The van der Waals surface area contributed by atoms with Gasteiger partial charge < -0.3 is 9.84 Å². The lowest BCUT2D eigenvalue weighted by atomic mass is 9.92. The van der Waals surface area contributed by atoms with Gasteiger partial charge in [0.2, 0.25) is 10.0 Å². The van der Waals surface area contributed by atoms with Gasteiger partial charge in [-0.05, 0) is 59.7 Å². The molecule has 0 radical (unpaired) electrons. The number of sulfonamides is 1. The van der Waals surface area contributed by atoms with Crippen LogP contribution in [-0.2, 0) is 27.7 Å². The van der Waals surface area contributed by atoms with Crippen LogP contribution in [0.15, 0.2) is 70.9 Å². The minimum absolute atomic E-state index is 0.0583. The summed E-state index contributed by atoms with van der Waals surface area (Å²) in [6, 6.07) is 16.1. The van der Waals surface area contributed by atoms with Gasteiger partial charge in [0.15, 0.2) is 0 Å². The molecule has 6 nitrogen and oxygen atoms in total. The maximum atomic E-state index is 13.7. The fourth-order valence-corrected chi connectivity index (χ4v) is 6.81. The van der Waals surface area contributed by atoms with Crippen molar-refractivity contribution in [2.24, 2.45) is 0 Å². The van der Waals surface area contributed by atoms with Crippen molar-refractivity contribution in [2.45, 2.75) is 36.2 Å². The van der Waals surface area contributed by atoms with Crippen molar-refractivity contribution < 1.29 is 23.1 Å². The second-order valence-electron chi connectivity index (χ2n) is 7.41. The molecule has 0 spiro atoms. The first-order valence-corrected chi connectivity index (χ1v) is 12.2. The first kappa shape index (κ1) is 21.5. The van der Waals surface area contributed by atoms with Crippen LogP contribution >= 0.6 is 11.3 Å². The number of aliphatic carboxylic acids is 1. The lowest BCUT2D eigenvalue weighted by Crippen LogP contribution is -2.50. The van der Waals surface area contributed by atoms with Crippen LogP contribution in [0.3, 0.4) is 0 Å². The molecule has 3 aromatic rings. The van der Waals surface area contributed by atoms with Crippen LogP contribution < -0.4 is 4.74 Å². The molecule has 1 aliphatic rings. The highest BCUT2D eigenvalue weighted by Gasteiger charge is 2.45. The second-order valence-corrected chi connectivity index (χ2v) is 10.3. The van der Waals surface area contributed by atoms with E-state index in [2.05, 4.69) is 0 Å². The first-order chi connectivity index (χ1) is 14.9. The fourth-order valence-electron chi connectivity index (χ4n) is 4.06. The number of carboxylic acids is 1. The first-order valence-electron chi connectivity index (χ1n) is 9.92. The van der Waals surface area contributed by atoms with E-state index >= 15 is 0 Å². The summed E-state index contributed by atoms with van der Waals surface area (Å²) in [5, 5.41) is 11.9. The zero-order valence-electron chi connectivity index (χ0n) is 17.0. The largest absolute Gasteiger partial charge is 0.497 e. The zero-order valence-corrected chi connectivity index (χ0v) is 18.6. The average Bonchev–Trinajstić information content (AvgIpc) is 3.26. The molecule has 0 saturated heterocycles. The van der Waals surface area contributed by atoms with Crippen LogP contribution in [0, 0.1) is 0 Å². The summed E-state index contributed by atoms with van der Waals surface area (Å²) in [6.07, 6.45) is 1.30. The molecule has 2 heterocycles. The van der Waals surface area contributed by atoms with E-state index in [1.165, 1.54) is 34.9 Å². The van der Waals surface area contributed by atoms with E-state index in [1.54, 1.807) is 12.1 Å². The SMILES string of the molecule is COc1ccc(S(=O)(=O)N2C(C(=O)O)Cc3sccc3C2CCc2ccccc2)cc1. The number of rotatable bonds is 7. The fraction of sp³-hybridized carbons (Fsp3) is 0.261. The van der Waals surface area contributed by atoms with Crippen LogP contribution in [0.1, 0.15) is 28.5 Å². The van der Waals surface area contributed by atoms with Gasteiger partial charge in [-0.15, -0.1) is 11.3 Å². The maximum absolute atomic E-state index is 13.7. The number of hydrogen-bond donors (Lipinski definition) is 1. The van der Waals surface area contributed by atoms with E-state index in [-0.39, 0.29) is 11.3 Å². The van der Waals surface area contributed by atoms with Gasteiger partial charge >= 0.3 is 5.97 Å². The third kappa shape index (κ3) is 4.23. The summed E-state index contributed by atoms with van der Waals surface area (Å²) in [7, 11) is -2.55. The van der Waals surface area contributed by atoms with Crippen molar-refractivity contribution in [3.63, 3.8) is 0 Å². The van der Waals surface area contributed by atoms with Gasteiger partial charge in [-0.1, -0.05) is 30.3 Å². The molecule has 0 bridgehead atoms. The topological polar surface area (TPSA) is 83.9 Å². The number of ether oxygens (including phenoxy) is 1. The summed E-state index contributed by atoms with van der Waals surface area (Å²) in [4.78, 5) is 13.2. The smallest absolute Gasteiger partial charge is 0.322 e. The van der Waals surface area contributed by atoms with E-state index in [1.807, 2.05) is 41.8 Å². The molecule has 8 heteroatoms. The van der Waals surface area contributed by atoms with Gasteiger partial charge in [0.05, 0.1) is 18.0 Å². The minimum Gasteiger partial charge on any atom is -0.497 e. The summed E-state index contributed by atoms with van der Waals surface area (Å²) >= 11 is 1.48. The zero-order chi connectivity index (χ0) is 22.0. The summed E-state index contributed by atoms with van der Waals surface area (Å²) in [6.45, 7) is 0. The van der Waals surface area contributed by atoms with Crippen molar-refractivity contribution in [1.29, 1.82) is 0 Å². The lowest BCUT2D eigenvalue weighted by molar-refractivity contribution is -0.142. The van der Waals surface area contributed by atoms with Gasteiger partial charge in [0.25, 0.3) is 0 Å². The molecule has 162 valence electrons. The van der Waals surface area contributed by atoms with Gasteiger partial charge in [-0.3, -0.25) is 4.79 Å². The molecule has 1 aromatic heterocycles. The molecule has 2 atom stereocenters. The van der Waals surface area contributed by atoms with Crippen LogP contribution in [0.2, 0.25) is 0 Å². The minimum atomic E-state index is -4.05. The Balaban J connectivity index is 1.76. The Morgan fingerprint density at radius 2 is 1.84 bits per heavy atom. The molecule has 0 aliphatic carbocycles. The molecule has 2 unspecified atom stereocenters. The molecule has 2 aromatic carbocycles. The molecule has 0 amide bonds. The highest BCUT2D eigenvalue weighted by atomic mass is 32.2. The molecule has 0 fully saturated rings. The number of thiophene rings is 1. The number of methoxy groups -OCH3 is 1. The maximum Gasteiger partial charge on any atom is 0.322 e. The highest BCUT2D eigenvalue weighted by Crippen LogP contribution is 2.42. The molecular formula is C23H23NO5S2. The van der Waals surface area contributed by atoms with Gasteiger partial charge in [-0.2, -0.15) is 4.31 Å². The Labute approximate surface area is 185 Å². The van der Waals surface area contributed by atoms with Gasteiger partial charge in [0, 0.05) is 11.3 Å². The van der Waals surface area contributed by atoms with E-state index in [9.17, 15) is 18.3 Å². The van der Waals surface area contributed by atoms with Gasteiger partial charge in [-0.25, -0.2) is 8.42 Å². The van der Waals surface area contributed by atoms with Crippen LogP contribution in [0.5, 0.6) is 5.75 Å². The van der Waals surface area contributed by atoms with Gasteiger partial charge in [0.1, 0.15) is 11.8 Å². The summed E-state index contributed by atoms with van der Waals surface area (Å²) < 4.78 is 33.7. The number of fused-ring (bicyclic) bond motifs is 1. The van der Waals surface area contributed by atoms with E-state index in [4.69, 9.17) is 4.74 Å². The molecule has 1 aliphatic heterocycles. The predicted molar refractivity (Wildman–Crippen MR) is 119 cm³/mol. The normalized spacial score (nSPS) is 19.0. The monoisotopic (exact) mass is 457 g/mol. The van der Waals surface area contributed by atoms with Crippen molar-refractivity contribution in [1.82, 2.24) is 4.31 Å². The van der Waals surface area contributed by atoms with E-state index in [0.29, 0.717) is 18.6 Å². The Morgan fingerprint density at radius 1 is 1.13 bits per heavy atom. The number of hydrogen-bond acceptors (Lipinski definition) is 5. The standard InChI is InChI=1S/C23H23NO5S2/c1-29-17-8-10-18(11-9-17)31(27,28)24-20(12-7-16-5-3-2-4-6-16)19-13-14-30-22(19)15-21(24)23(25)26/h2-6,8-11,13-14,20-21H,7,12,15H2,1H3,(H,25,26). The molecular weight excluding hydrogens is 434 g/mol. The number of carbonyl (C=O) groups is 1. The predicted octanol–water partition coefficient (Wildman–Crippen LogP) is 4.13. The average molecular weight is 458 g/mol. The van der Waals surface area contributed by atoms with Crippen molar-refractivity contribution in [3.8, 4) is 5.75 Å². The molecule has 1 N–H and O–H groups in total. The lowest BCUT2D eigenvalue weighted by Gasteiger charge is -2.39. The number of carboxylic acid groups (broad SMARTS) is 1. The van der Waals surface area contributed by atoms with Crippen LogP contribution in [0.25, 0.3) is 0 Å². The summed E-state index contributed by atoms with van der Waals surface area (Å²) in [5.74, 6) is -0.603. The Hall–Kier alpha value is -2.68. The van der Waals surface area contributed by atoms with Crippen LogP contribution in [-0.4, -0.2) is 37.0 Å². The number of aryl methyl sites for hydroxylation is 1. The van der Waals surface area contributed by atoms with Crippen molar-refractivity contribution in [2.75, 3.05) is 7.11 Å². The van der Waals surface area contributed by atoms with Crippen LogP contribution in [0.4, 0.5) is 0 Å². The highest BCUT2D eigenvalue weighted by molar-refractivity contribution is 7.89. The number of benzene rings is 2. The molecule has 4 rings (SSSR count). The molecule has 31 heavy (non-hydrogen) atoms. The third-order valence-electron chi connectivity index (χ3n) is 5.60. The van der Waals surface area contributed by atoms with Crippen molar-refractivity contribution in [3.05, 3.63) is 82.0 Å². The summed E-state index contributed by atoms with van der Waals surface area (Å²) in [5.41, 5.74) is 1.98. The Kier molecular flexibility index (Phi) is 6.13. The van der Waals surface area contributed by atoms with Crippen molar-refractivity contribution >= 4 is 27.3 Å². The quantitative estimate of drug-likeness (QED) is 0.577. The number of nitrogens with zero attached hydrogens (tertiary/aromatic N) is 1. The Morgan fingerprint density at radius 3 is 2.48 bits per heavy atom. The Bertz CT molecular complexity index is 1160. The van der Waals surface area contributed by atoms with E-state index in [0.717, 1.165) is 16.0 Å². The third-order valence-corrected chi connectivity index (χ3v) is 8.49.